The molecule has 1 heterocycles. The van der Waals surface area contributed by atoms with Crippen molar-refractivity contribution in [1.29, 1.82) is 0 Å². The van der Waals surface area contributed by atoms with Crippen molar-refractivity contribution < 1.29 is 19.4 Å². The smallest absolute Gasteiger partial charge is 0.320 e. The number of carbonyl (C=O) groups excluding carboxylic acids is 1. The van der Waals surface area contributed by atoms with E-state index in [2.05, 4.69) is 0 Å². The molecule has 0 saturated carbocycles. The average molecular weight is 272 g/mol. The van der Waals surface area contributed by atoms with E-state index in [9.17, 15) is 14.7 Å². The van der Waals surface area contributed by atoms with Gasteiger partial charge in [-0.1, -0.05) is 6.92 Å². The second-order valence-electron chi connectivity index (χ2n) is 4.99. The fourth-order valence-corrected chi connectivity index (χ4v) is 2.26. The highest BCUT2D eigenvalue weighted by molar-refractivity contribution is 5.77. The molecule has 3 atom stereocenters. The molecule has 1 aliphatic heterocycles. The SMILES string of the molecule is CCC(C)N(C)C(=O)N(CC)C1COCC1C(=O)O. The van der Waals surface area contributed by atoms with Crippen molar-refractivity contribution in [3.8, 4) is 0 Å². The highest BCUT2D eigenvalue weighted by Crippen LogP contribution is 2.21. The third-order valence-electron chi connectivity index (χ3n) is 3.91. The number of ether oxygens (including phenoxy) is 1. The van der Waals surface area contributed by atoms with Gasteiger partial charge in [-0.25, -0.2) is 4.79 Å². The van der Waals surface area contributed by atoms with Crippen LogP contribution in [0.1, 0.15) is 27.2 Å². The van der Waals surface area contributed by atoms with Crippen LogP contribution < -0.4 is 0 Å². The van der Waals surface area contributed by atoms with Crippen LogP contribution in [0.5, 0.6) is 0 Å². The summed E-state index contributed by atoms with van der Waals surface area (Å²) in [6.45, 7) is 6.81. The molecule has 19 heavy (non-hydrogen) atoms. The normalized spacial score (nSPS) is 24.0. The lowest BCUT2D eigenvalue weighted by Gasteiger charge is -2.35. The number of urea groups is 1. The largest absolute Gasteiger partial charge is 0.481 e. The summed E-state index contributed by atoms with van der Waals surface area (Å²) in [4.78, 5) is 26.9. The molecule has 0 aromatic rings. The molecule has 2 amide bonds. The number of nitrogens with zero attached hydrogens (tertiary/aromatic N) is 2. The van der Waals surface area contributed by atoms with Crippen molar-refractivity contribution in [3.05, 3.63) is 0 Å². The van der Waals surface area contributed by atoms with Crippen molar-refractivity contribution >= 4 is 12.0 Å². The minimum Gasteiger partial charge on any atom is -0.481 e. The van der Waals surface area contributed by atoms with Crippen molar-refractivity contribution in [1.82, 2.24) is 9.80 Å². The minimum absolute atomic E-state index is 0.126. The first-order valence-corrected chi connectivity index (χ1v) is 6.77. The standard InChI is InChI=1S/C13H24N2O4/c1-5-9(3)14(4)13(18)15(6-2)11-8-19-7-10(11)12(16)17/h9-11H,5-8H2,1-4H3,(H,16,17). The number of carboxylic acids is 1. The van der Waals surface area contributed by atoms with E-state index < -0.39 is 11.9 Å². The van der Waals surface area contributed by atoms with E-state index in [1.165, 1.54) is 0 Å². The molecular weight excluding hydrogens is 248 g/mol. The van der Waals surface area contributed by atoms with Gasteiger partial charge >= 0.3 is 12.0 Å². The first kappa shape index (κ1) is 15.8. The Labute approximate surface area is 114 Å². The summed E-state index contributed by atoms with van der Waals surface area (Å²) in [5, 5.41) is 9.17. The number of carboxylic acid groups (broad SMARTS) is 1. The summed E-state index contributed by atoms with van der Waals surface area (Å²) in [6, 6.07) is -0.368. The maximum atomic E-state index is 12.4. The van der Waals surface area contributed by atoms with Crippen LogP contribution >= 0.6 is 0 Å². The highest BCUT2D eigenvalue weighted by atomic mass is 16.5. The number of amides is 2. The van der Waals surface area contributed by atoms with E-state index in [0.717, 1.165) is 6.42 Å². The molecule has 0 spiro atoms. The molecule has 1 aliphatic rings. The molecule has 1 fully saturated rings. The molecule has 1 saturated heterocycles. The predicted molar refractivity (Wildman–Crippen MR) is 71.0 cm³/mol. The molecule has 1 N–H and O–H groups in total. The van der Waals surface area contributed by atoms with Crippen molar-refractivity contribution in [2.45, 2.75) is 39.3 Å². The van der Waals surface area contributed by atoms with Gasteiger partial charge in [-0.15, -0.1) is 0 Å². The van der Waals surface area contributed by atoms with Gasteiger partial charge in [0.2, 0.25) is 0 Å². The van der Waals surface area contributed by atoms with Crippen LogP contribution in [0, 0.1) is 5.92 Å². The summed E-state index contributed by atoms with van der Waals surface area (Å²) >= 11 is 0. The van der Waals surface area contributed by atoms with E-state index in [0.29, 0.717) is 13.2 Å². The van der Waals surface area contributed by atoms with Crippen LogP contribution in [0.4, 0.5) is 4.79 Å². The van der Waals surface area contributed by atoms with Gasteiger partial charge in [0, 0.05) is 19.6 Å². The summed E-state index contributed by atoms with van der Waals surface area (Å²) in [6.07, 6.45) is 0.864. The zero-order valence-corrected chi connectivity index (χ0v) is 12.1. The Kier molecular flexibility index (Phi) is 5.60. The molecule has 3 unspecified atom stereocenters. The monoisotopic (exact) mass is 272 g/mol. The quantitative estimate of drug-likeness (QED) is 0.818. The molecular formula is C13H24N2O4. The Bertz CT molecular complexity index is 335. The predicted octanol–water partition coefficient (Wildman–Crippen LogP) is 1.26. The maximum absolute atomic E-state index is 12.4. The van der Waals surface area contributed by atoms with Gasteiger partial charge in [-0.3, -0.25) is 4.79 Å². The Balaban J connectivity index is 2.82. The molecule has 110 valence electrons. The highest BCUT2D eigenvalue weighted by Gasteiger charge is 2.40. The van der Waals surface area contributed by atoms with Gasteiger partial charge in [0.05, 0.1) is 19.3 Å². The minimum atomic E-state index is -0.903. The molecule has 6 nitrogen and oxygen atoms in total. The average Bonchev–Trinajstić information content (AvgIpc) is 2.87. The van der Waals surface area contributed by atoms with Crippen LogP contribution in [0.25, 0.3) is 0 Å². The second kappa shape index (κ2) is 6.75. The zero-order valence-electron chi connectivity index (χ0n) is 12.1. The molecule has 1 rings (SSSR count). The number of likely N-dealkylation sites (N-methyl/N-ethyl adjacent to an activating group) is 1. The molecule has 0 aliphatic carbocycles. The van der Waals surface area contributed by atoms with E-state index in [4.69, 9.17) is 4.74 Å². The first-order chi connectivity index (χ1) is 8.93. The number of rotatable bonds is 5. The lowest BCUT2D eigenvalue weighted by Crippen LogP contribution is -2.52. The fraction of sp³-hybridized carbons (Fsp3) is 0.846. The summed E-state index contributed by atoms with van der Waals surface area (Å²) in [5.74, 6) is -1.53. The summed E-state index contributed by atoms with van der Waals surface area (Å²) in [7, 11) is 1.75. The van der Waals surface area contributed by atoms with Crippen LogP contribution in [0.15, 0.2) is 0 Å². The van der Waals surface area contributed by atoms with Gasteiger partial charge in [-0.2, -0.15) is 0 Å². The Morgan fingerprint density at radius 3 is 2.47 bits per heavy atom. The van der Waals surface area contributed by atoms with E-state index in [-0.39, 0.29) is 24.7 Å². The lowest BCUT2D eigenvalue weighted by molar-refractivity contribution is -0.142. The van der Waals surface area contributed by atoms with Gasteiger partial charge in [0.25, 0.3) is 0 Å². The molecule has 6 heteroatoms. The molecule has 0 radical (unpaired) electrons. The van der Waals surface area contributed by atoms with E-state index in [1.54, 1.807) is 16.8 Å². The van der Waals surface area contributed by atoms with Crippen LogP contribution in [0.3, 0.4) is 0 Å². The number of hydrogen-bond donors (Lipinski definition) is 1. The van der Waals surface area contributed by atoms with Crippen molar-refractivity contribution in [2.75, 3.05) is 26.8 Å². The molecule has 0 aromatic carbocycles. The Morgan fingerprint density at radius 1 is 1.37 bits per heavy atom. The van der Waals surface area contributed by atoms with Crippen molar-refractivity contribution in [2.24, 2.45) is 5.92 Å². The Morgan fingerprint density at radius 2 is 2.00 bits per heavy atom. The van der Waals surface area contributed by atoms with Crippen LogP contribution in [0.2, 0.25) is 0 Å². The third kappa shape index (κ3) is 3.37. The van der Waals surface area contributed by atoms with E-state index in [1.807, 2.05) is 20.8 Å². The molecule has 0 aromatic heterocycles. The van der Waals surface area contributed by atoms with Gasteiger partial charge in [0.1, 0.15) is 5.92 Å². The van der Waals surface area contributed by atoms with Gasteiger partial charge < -0.3 is 19.6 Å². The summed E-state index contributed by atoms with van der Waals surface area (Å²) in [5.41, 5.74) is 0. The maximum Gasteiger partial charge on any atom is 0.320 e. The zero-order chi connectivity index (χ0) is 14.6. The fourth-order valence-electron chi connectivity index (χ4n) is 2.26. The molecule has 0 bridgehead atoms. The first-order valence-electron chi connectivity index (χ1n) is 6.77. The number of aliphatic carboxylic acids is 1. The lowest BCUT2D eigenvalue weighted by atomic mass is 10.0. The topological polar surface area (TPSA) is 70.1 Å². The van der Waals surface area contributed by atoms with Gasteiger partial charge in [0.15, 0.2) is 0 Å². The third-order valence-corrected chi connectivity index (χ3v) is 3.91. The van der Waals surface area contributed by atoms with Crippen molar-refractivity contribution in [3.63, 3.8) is 0 Å². The van der Waals surface area contributed by atoms with Crippen LogP contribution in [-0.4, -0.2) is 65.8 Å². The van der Waals surface area contributed by atoms with Gasteiger partial charge in [-0.05, 0) is 20.3 Å². The van der Waals surface area contributed by atoms with E-state index >= 15 is 0 Å². The Hall–Kier alpha value is -1.30. The number of hydrogen-bond acceptors (Lipinski definition) is 3. The van der Waals surface area contributed by atoms with Crippen LogP contribution in [-0.2, 0) is 9.53 Å². The second-order valence-corrected chi connectivity index (χ2v) is 4.99. The summed E-state index contributed by atoms with van der Waals surface area (Å²) < 4.78 is 5.24. The number of carbonyl (C=O) groups is 2.